The number of aromatic nitrogens is 2. The summed E-state index contributed by atoms with van der Waals surface area (Å²) >= 11 is 0. The summed E-state index contributed by atoms with van der Waals surface area (Å²) in [6.07, 6.45) is 5.72. The number of oxazole rings is 1. The van der Waals surface area contributed by atoms with Gasteiger partial charge in [0.1, 0.15) is 23.4 Å². The van der Waals surface area contributed by atoms with Gasteiger partial charge in [0.2, 0.25) is 5.89 Å². The van der Waals surface area contributed by atoms with Gasteiger partial charge in [-0.05, 0) is 60.4 Å². The number of likely N-dealkylation sites (tertiary alicyclic amines) is 1. The second-order valence-electron chi connectivity index (χ2n) is 8.47. The van der Waals surface area contributed by atoms with Gasteiger partial charge in [-0.2, -0.15) is 0 Å². The molecule has 0 radical (unpaired) electrons. The summed E-state index contributed by atoms with van der Waals surface area (Å²) in [5.41, 5.74) is 2.81. The third-order valence-corrected chi connectivity index (χ3v) is 5.98. The number of hydrogen-bond acceptors (Lipinski definition) is 4. The van der Waals surface area contributed by atoms with Crippen LogP contribution in [0, 0.1) is 11.6 Å². The molecule has 0 saturated carbocycles. The first kappa shape index (κ1) is 21.9. The van der Waals surface area contributed by atoms with Crippen molar-refractivity contribution in [2.75, 3.05) is 6.54 Å². The normalized spacial score (nSPS) is 15.6. The van der Waals surface area contributed by atoms with Crippen LogP contribution < -0.4 is 0 Å². The van der Waals surface area contributed by atoms with Crippen molar-refractivity contribution < 1.29 is 18.0 Å². The zero-order valence-electron chi connectivity index (χ0n) is 18.5. The number of carbonyl (C=O) groups is 1. The number of halogens is 2. The Labute approximate surface area is 196 Å². The number of amides is 1. The van der Waals surface area contributed by atoms with Crippen molar-refractivity contribution in [3.8, 4) is 0 Å². The van der Waals surface area contributed by atoms with Crippen molar-refractivity contribution >= 4 is 5.91 Å². The maximum absolute atomic E-state index is 13.5. The SMILES string of the molecule is O=C(c1ccnc(Cc2cccc(F)c2)c1)N1CCC[C@H]1c1ncc(Cc2cccc(F)c2)o1. The van der Waals surface area contributed by atoms with Crippen LogP contribution in [0.1, 0.15) is 57.7 Å². The molecule has 1 atom stereocenters. The molecule has 1 saturated heterocycles. The molecule has 0 N–H and O–H groups in total. The lowest BCUT2D eigenvalue weighted by atomic mass is 10.1. The second-order valence-corrected chi connectivity index (χ2v) is 8.47. The fourth-order valence-electron chi connectivity index (χ4n) is 4.40. The summed E-state index contributed by atoms with van der Waals surface area (Å²) in [5.74, 6) is 0.411. The third kappa shape index (κ3) is 4.88. The van der Waals surface area contributed by atoms with E-state index < -0.39 is 0 Å². The number of hydrogen-bond donors (Lipinski definition) is 0. The van der Waals surface area contributed by atoms with Gasteiger partial charge in [0.25, 0.3) is 5.91 Å². The van der Waals surface area contributed by atoms with Crippen LogP contribution in [0.15, 0.2) is 77.5 Å². The molecule has 5 nitrogen and oxygen atoms in total. The van der Waals surface area contributed by atoms with Crippen molar-refractivity contribution in [2.24, 2.45) is 0 Å². The van der Waals surface area contributed by atoms with Crippen molar-refractivity contribution in [1.29, 1.82) is 0 Å². The predicted octanol–water partition coefficient (Wildman–Crippen LogP) is 5.51. The summed E-state index contributed by atoms with van der Waals surface area (Å²) in [7, 11) is 0. The molecule has 7 heteroatoms. The molecule has 2 aromatic heterocycles. The number of rotatable bonds is 6. The van der Waals surface area contributed by atoms with E-state index >= 15 is 0 Å². The van der Waals surface area contributed by atoms with Gasteiger partial charge in [-0.15, -0.1) is 0 Å². The average molecular weight is 459 g/mol. The fourth-order valence-corrected chi connectivity index (χ4v) is 4.40. The van der Waals surface area contributed by atoms with Crippen LogP contribution >= 0.6 is 0 Å². The lowest BCUT2D eigenvalue weighted by Gasteiger charge is -2.22. The first-order chi connectivity index (χ1) is 16.5. The molecule has 0 aliphatic carbocycles. The monoisotopic (exact) mass is 459 g/mol. The number of benzene rings is 2. The van der Waals surface area contributed by atoms with E-state index in [0.29, 0.717) is 42.3 Å². The van der Waals surface area contributed by atoms with E-state index in [1.165, 1.54) is 24.3 Å². The summed E-state index contributed by atoms with van der Waals surface area (Å²) < 4.78 is 33.0. The zero-order valence-corrected chi connectivity index (χ0v) is 18.5. The highest BCUT2D eigenvalue weighted by Crippen LogP contribution is 2.33. The third-order valence-electron chi connectivity index (χ3n) is 5.98. The molecule has 1 amide bonds. The predicted molar refractivity (Wildman–Crippen MR) is 122 cm³/mol. The van der Waals surface area contributed by atoms with Crippen LogP contribution in [0.2, 0.25) is 0 Å². The van der Waals surface area contributed by atoms with Crippen LogP contribution in [-0.2, 0) is 12.8 Å². The van der Waals surface area contributed by atoms with Gasteiger partial charge in [-0.1, -0.05) is 24.3 Å². The van der Waals surface area contributed by atoms with Gasteiger partial charge in [-0.3, -0.25) is 9.78 Å². The summed E-state index contributed by atoms with van der Waals surface area (Å²) in [6, 6.07) is 15.9. The number of pyridine rings is 1. The first-order valence-corrected chi connectivity index (χ1v) is 11.2. The first-order valence-electron chi connectivity index (χ1n) is 11.2. The van der Waals surface area contributed by atoms with Crippen LogP contribution in [-0.4, -0.2) is 27.3 Å². The van der Waals surface area contributed by atoms with Crippen molar-refractivity contribution in [1.82, 2.24) is 14.9 Å². The average Bonchev–Trinajstić information content (AvgIpc) is 3.48. The van der Waals surface area contributed by atoms with Gasteiger partial charge in [-0.25, -0.2) is 13.8 Å². The van der Waals surface area contributed by atoms with Crippen LogP contribution in [0.5, 0.6) is 0 Å². The van der Waals surface area contributed by atoms with Crippen LogP contribution in [0.25, 0.3) is 0 Å². The Hall–Kier alpha value is -3.87. The highest BCUT2D eigenvalue weighted by atomic mass is 19.1. The molecule has 4 aromatic rings. The van der Waals surface area contributed by atoms with E-state index in [9.17, 15) is 13.6 Å². The van der Waals surface area contributed by atoms with Gasteiger partial charge in [0.15, 0.2) is 0 Å². The van der Waals surface area contributed by atoms with Gasteiger partial charge in [0, 0.05) is 36.8 Å². The molecule has 0 spiro atoms. The van der Waals surface area contributed by atoms with Crippen molar-refractivity contribution in [3.63, 3.8) is 0 Å². The molecule has 0 bridgehead atoms. The molecule has 2 aromatic carbocycles. The number of nitrogens with zero attached hydrogens (tertiary/aromatic N) is 3. The Balaban J connectivity index is 1.31. The quantitative estimate of drug-likeness (QED) is 0.382. The molecular formula is C27H23F2N3O2. The molecule has 1 fully saturated rings. The van der Waals surface area contributed by atoms with Crippen molar-refractivity contribution in [3.05, 3.63) is 119 Å². The minimum atomic E-state index is -0.299. The zero-order chi connectivity index (χ0) is 23.5. The molecular weight excluding hydrogens is 436 g/mol. The van der Waals surface area contributed by atoms with Crippen LogP contribution in [0.4, 0.5) is 8.78 Å². The maximum atomic E-state index is 13.5. The maximum Gasteiger partial charge on any atom is 0.254 e. The largest absolute Gasteiger partial charge is 0.443 e. The summed E-state index contributed by atoms with van der Waals surface area (Å²) in [5, 5.41) is 0. The minimum Gasteiger partial charge on any atom is -0.443 e. The topological polar surface area (TPSA) is 59.2 Å². The Morgan fingerprint density at radius 3 is 2.44 bits per heavy atom. The van der Waals surface area contributed by atoms with E-state index in [1.54, 1.807) is 41.6 Å². The molecule has 1 aliphatic rings. The van der Waals surface area contributed by atoms with E-state index in [0.717, 1.165) is 24.0 Å². The van der Waals surface area contributed by atoms with Gasteiger partial charge < -0.3 is 9.32 Å². The van der Waals surface area contributed by atoms with Crippen molar-refractivity contribution in [2.45, 2.75) is 31.7 Å². The second kappa shape index (κ2) is 9.55. The standard InChI is InChI=1S/C27H23F2N3O2/c28-21-6-1-4-18(12-21)14-23-16-20(9-10-30-23)27(33)32-11-3-8-25(32)26-31-17-24(34-26)15-19-5-2-7-22(29)13-19/h1-2,4-7,9-10,12-13,16-17,25H,3,8,11,14-15H2/t25-/m0/s1. The fraction of sp³-hybridized carbons (Fsp3) is 0.222. The Morgan fingerprint density at radius 1 is 0.971 bits per heavy atom. The summed E-state index contributed by atoms with van der Waals surface area (Å²) in [4.78, 5) is 23.9. The Bertz CT molecular complexity index is 1320. The molecule has 5 rings (SSSR count). The molecule has 1 aliphatic heterocycles. The molecule has 172 valence electrons. The Morgan fingerprint density at radius 2 is 1.71 bits per heavy atom. The minimum absolute atomic E-state index is 0.115. The highest BCUT2D eigenvalue weighted by molar-refractivity contribution is 5.94. The smallest absolute Gasteiger partial charge is 0.254 e. The molecule has 3 heterocycles. The van der Waals surface area contributed by atoms with E-state index in [-0.39, 0.29) is 23.6 Å². The molecule has 34 heavy (non-hydrogen) atoms. The van der Waals surface area contributed by atoms with Gasteiger partial charge in [0.05, 0.1) is 6.20 Å². The lowest BCUT2D eigenvalue weighted by Crippen LogP contribution is -2.30. The van der Waals surface area contributed by atoms with Crippen LogP contribution in [0.3, 0.4) is 0 Å². The highest BCUT2D eigenvalue weighted by Gasteiger charge is 2.34. The summed E-state index contributed by atoms with van der Waals surface area (Å²) in [6.45, 7) is 0.604. The lowest BCUT2D eigenvalue weighted by molar-refractivity contribution is 0.0714. The molecule has 0 unspecified atom stereocenters. The van der Waals surface area contributed by atoms with E-state index in [1.807, 2.05) is 12.1 Å². The van der Waals surface area contributed by atoms with Gasteiger partial charge >= 0.3 is 0 Å². The number of carbonyl (C=O) groups excluding carboxylic acids is 1. The van der Waals surface area contributed by atoms with E-state index in [4.69, 9.17) is 4.42 Å². The Kier molecular flexibility index (Phi) is 6.16. The van der Waals surface area contributed by atoms with E-state index in [2.05, 4.69) is 9.97 Å².